The highest BCUT2D eigenvalue weighted by Gasteiger charge is 2.17. The Morgan fingerprint density at radius 1 is 1.00 bits per heavy atom. The van der Waals surface area contributed by atoms with Crippen molar-refractivity contribution in [3.05, 3.63) is 62.6 Å². The van der Waals surface area contributed by atoms with Crippen LogP contribution in [0.2, 0.25) is 10.0 Å². The molecule has 0 fully saturated rings. The molecule has 0 aliphatic rings. The topological polar surface area (TPSA) is 17.1 Å². The van der Waals surface area contributed by atoms with Crippen LogP contribution in [0.25, 0.3) is 0 Å². The van der Waals surface area contributed by atoms with Crippen LogP contribution in [0.5, 0.6) is 0 Å². The Labute approximate surface area is 131 Å². The van der Waals surface area contributed by atoms with E-state index < -0.39 is 0 Å². The van der Waals surface area contributed by atoms with E-state index in [1.165, 1.54) is 5.56 Å². The Bertz CT molecular complexity index is 637. The average Bonchev–Trinajstić information content (AvgIpc) is 2.33. The van der Waals surface area contributed by atoms with Gasteiger partial charge in [-0.15, -0.1) is 0 Å². The van der Waals surface area contributed by atoms with Gasteiger partial charge in [0.1, 0.15) is 0 Å². The number of rotatable bonds is 3. The van der Waals surface area contributed by atoms with Gasteiger partial charge in [0.15, 0.2) is 5.52 Å². The molecule has 0 radical (unpaired) electrons. The quantitative estimate of drug-likeness (QED) is 0.721. The van der Waals surface area contributed by atoms with E-state index in [2.05, 4.69) is 19.1 Å². The minimum absolute atomic E-state index is 0.0179. The lowest BCUT2D eigenvalue weighted by atomic mass is 10.1. The summed E-state index contributed by atoms with van der Waals surface area (Å²) in [4.78, 5) is 12.5. The largest absolute Gasteiger partial charge is 0.289 e. The molecule has 4 heteroatoms. The maximum Gasteiger partial charge on any atom is 0.188 e. The van der Waals surface area contributed by atoms with Crippen LogP contribution in [0.15, 0.2) is 30.3 Å². The van der Waals surface area contributed by atoms with E-state index in [1.54, 1.807) is 18.2 Å². The fourth-order valence-corrected chi connectivity index (χ4v) is 4.16. The fraction of sp³-hybridized carbons (Fsp3) is 0.188. The molecule has 1 atom stereocenters. The van der Waals surface area contributed by atoms with Crippen molar-refractivity contribution in [2.45, 2.75) is 20.8 Å². The fourth-order valence-electron chi connectivity index (χ4n) is 2.27. The predicted octanol–water partition coefficient (Wildman–Crippen LogP) is 5.06. The lowest BCUT2D eigenvalue weighted by Crippen LogP contribution is -2.10. The van der Waals surface area contributed by atoms with Crippen LogP contribution in [-0.2, 0) is 0 Å². The summed E-state index contributed by atoms with van der Waals surface area (Å²) in [6.45, 7) is 6.12. The van der Waals surface area contributed by atoms with Crippen molar-refractivity contribution >= 4 is 42.6 Å². The lowest BCUT2D eigenvalue weighted by molar-refractivity contribution is 0.108. The lowest BCUT2D eigenvalue weighted by Gasteiger charge is -2.12. The highest BCUT2D eigenvalue weighted by Crippen LogP contribution is 2.31. The number of benzene rings is 2. The SMILES string of the molecule is Cc1cc(C)c(PC(=O)c2c(Cl)cccc2Cl)c(C)c1. The summed E-state index contributed by atoms with van der Waals surface area (Å²) >= 11 is 12.2. The Hall–Kier alpha value is -0.880. The van der Waals surface area contributed by atoms with Gasteiger partial charge < -0.3 is 0 Å². The molecule has 0 N–H and O–H groups in total. The van der Waals surface area contributed by atoms with Gasteiger partial charge in [-0.2, -0.15) is 0 Å². The van der Waals surface area contributed by atoms with Crippen LogP contribution in [0.1, 0.15) is 27.0 Å². The predicted molar refractivity (Wildman–Crippen MR) is 89.4 cm³/mol. The number of aryl methyl sites for hydroxylation is 3. The van der Waals surface area contributed by atoms with Crippen molar-refractivity contribution in [3.63, 3.8) is 0 Å². The zero-order valence-corrected chi connectivity index (χ0v) is 14.1. The molecule has 2 aromatic rings. The number of carbonyl (C=O) groups is 1. The highest BCUT2D eigenvalue weighted by atomic mass is 35.5. The first-order valence-corrected chi connectivity index (χ1v) is 7.99. The average molecular weight is 325 g/mol. The molecule has 1 nitrogen and oxygen atoms in total. The number of hydrogen-bond acceptors (Lipinski definition) is 1. The third-order valence-electron chi connectivity index (χ3n) is 3.11. The van der Waals surface area contributed by atoms with E-state index in [-0.39, 0.29) is 14.1 Å². The smallest absolute Gasteiger partial charge is 0.188 e. The maximum absolute atomic E-state index is 12.5. The molecule has 0 amide bonds. The highest BCUT2D eigenvalue weighted by molar-refractivity contribution is 7.66. The molecule has 0 heterocycles. The molecule has 0 bridgehead atoms. The first kappa shape index (κ1) is 15.5. The Kier molecular flexibility index (Phi) is 4.86. The molecule has 104 valence electrons. The molecule has 0 saturated heterocycles. The monoisotopic (exact) mass is 324 g/mol. The van der Waals surface area contributed by atoms with Crippen LogP contribution in [0.3, 0.4) is 0 Å². The van der Waals surface area contributed by atoms with Crippen LogP contribution in [-0.4, -0.2) is 5.52 Å². The molecule has 20 heavy (non-hydrogen) atoms. The summed E-state index contributed by atoms with van der Waals surface area (Å²) < 4.78 is 0. The third kappa shape index (κ3) is 3.23. The van der Waals surface area contributed by atoms with Crippen LogP contribution in [0, 0.1) is 20.8 Å². The van der Waals surface area contributed by atoms with Crippen LogP contribution >= 0.6 is 31.8 Å². The van der Waals surface area contributed by atoms with Crippen LogP contribution in [0.4, 0.5) is 0 Å². The van der Waals surface area contributed by atoms with E-state index in [0.717, 1.165) is 16.4 Å². The molecule has 2 aromatic carbocycles. The van der Waals surface area contributed by atoms with Crippen molar-refractivity contribution in [2.75, 3.05) is 0 Å². The van der Waals surface area contributed by atoms with Gasteiger partial charge in [-0.1, -0.05) is 47.0 Å². The van der Waals surface area contributed by atoms with Crippen molar-refractivity contribution in [1.29, 1.82) is 0 Å². The summed E-state index contributed by atoms with van der Waals surface area (Å²) in [6.07, 6.45) is 0. The van der Waals surface area contributed by atoms with Gasteiger partial charge >= 0.3 is 0 Å². The van der Waals surface area contributed by atoms with Crippen molar-refractivity contribution in [1.82, 2.24) is 0 Å². The Balaban J connectivity index is 2.38. The van der Waals surface area contributed by atoms with Gasteiger partial charge in [0.05, 0.1) is 15.6 Å². The third-order valence-corrected chi connectivity index (χ3v) is 5.25. The van der Waals surface area contributed by atoms with E-state index in [1.807, 2.05) is 13.8 Å². The molecule has 0 aromatic heterocycles. The van der Waals surface area contributed by atoms with Crippen molar-refractivity contribution < 1.29 is 4.79 Å². The zero-order chi connectivity index (χ0) is 14.9. The number of halogens is 2. The molecule has 0 spiro atoms. The minimum Gasteiger partial charge on any atom is -0.289 e. The first-order chi connectivity index (χ1) is 9.40. The standard InChI is InChI=1S/C16H15Cl2OP/c1-9-7-10(2)15(11(3)8-9)20-16(19)14-12(17)5-4-6-13(14)18/h4-8,20H,1-3H3. The Morgan fingerprint density at radius 2 is 1.50 bits per heavy atom. The van der Waals surface area contributed by atoms with E-state index in [0.29, 0.717) is 15.6 Å². The molecule has 1 unspecified atom stereocenters. The summed E-state index contributed by atoms with van der Waals surface area (Å²) in [7, 11) is 0.0347. The van der Waals surface area contributed by atoms with Crippen molar-refractivity contribution in [3.8, 4) is 0 Å². The van der Waals surface area contributed by atoms with Gasteiger partial charge in [0.25, 0.3) is 0 Å². The first-order valence-electron chi connectivity index (χ1n) is 6.23. The number of hydrogen-bond donors (Lipinski definition) is 0. The number of carbonyl (C=O) groups excluding carboxylic acids is 1. The van der Waals surface area contributed by atoms with Crippen molar-refractivity contribution in [2.24, 2.45) is 0 Å². The molecular weight excluding hydrogens is 310 g/mol. The molecule has 0 aliphatic heterocycles. The van der Waals surface area contributed by atoms with Crippen LogP contribution < -0.4 is 5.30 Å². The van der Waals surface area contributed by atoms with Gasteiger partial charge in [0, 0.05) is 0 Å². The summed E-state index contributed by atoms with van der Waals surface area (Å²) in [5.41, 5.74) is 3.88. The van der Waals surface area contributed by atoms with Gasteiger partial charge in [-0.3, -0.25) is 4.79 Å². The van der Waals surface area contributed by atoms with E-state index in [4.69, 9.17) is 23.2 Å². The molecule has 0 aliphatic carbocycles. The normalized spacial score (nSPS) is 11.2. The summed E-state index contributed by atoms with van der Waals surface area (Å²) in [6, 6.07) is 9.32. The van der Waals surface area contributed by atoms with E-state index in [9.17, 15) is 4.79 Å². The second-order valence-corrected chi connectivity index (χ2v) is 6.84. The van der Waals surface area contributed by atoms with E-state index >= 15 is 0 Å². The second kappa shape index (κ2) is 6.26. The molecule has 2 rings (SSSR count). The summed E-state index contributed by atoms with van der Waals surface area (Å²) in [5, 5.41) is 1.91. The van der Waals surface area contributed by atoms with Gasteiger partial charge in [-0.25, -0.2) is 0 Å². The molecule has 0 saturated carbocycles. The Morgan fingerprint density at radius 3 is 2.00 bits per heavy atom. The van der Waals surface area contributed by atoms with Gasteiger partial charge in [0.2, 0.25) is 0 Å². The minimum atomic E-state index is -0.0179. The zero-order valence-electron chi connectivity index (χ0n) is 11.6. The second-order valence-electron chi connectivity index (χ2n) is 4.82. The molecular formula is C16H15Cl2OP. The maximum atomic E-state index is 12.5. The summed E-state index contributed by atoms with van der Waals surface area (Å²) in [5.74, 6) is 0. The van der Waals surface area contributed by atoms with Gasteiger partial charge in [-0.05, 0) is 57.9 Å².